The summed E-state index contributed by atoms with van der Waals surface area (Å²) in [5.74, 6) is 0.418. The van der Waals surface area contributed by atoms with E-state index in [0.29, 0.717) is 23.7 Å². The summed E-state index contributed by atoms with van der Waals surface area (Å²) < 4.78 is 5.51. The lowest BCUT2D eigenvalue weighted by molar-refractivity contribution is 0.296. The van der Waals surface area contributed by atoms with Crippen LogP contribution < -0.4 is 4.74 Å². The van der Waals surface area contributed by atoms with Crippen LogP contribution in [-0.4, -0.2) is 24.9 Å². The van der Waals surface area contributed by atoms with Crippen molar-refractivity contribution in [3.05, 3.63) is 29.2 Å². The fraction of sp³-hybridized carbons (Fsp3) is 0.111. The second kappa shape index (κ2) is 3.86. The Balaban J connectivity index is 1.86. The fourth-order valence-electron chi connectivity index (χ4n) is 1.26. The lowest BCUT2D eigenvalue weighted by atomic mass is 10.5. The summed E-state index contributed by atoms with van der Waals surface area (Å²) in [6.45, 7) is 0.379. The van der Waals surface area contributed by atoms with Crippen molar-refractivity contribution in [2.75, 3.05) is 0 Å². The summed E-state index contributed by atoms with van der Waals surface area (Å²) in [4.78, 5) is 18.9. The quantitative estimate of drug-likeness (QED) is 0.734. The van der Waals surface area contributed by atoms with Crippen molar-refractivity contribution in [1.82, 2.24) is 24.9 Å². The SMILES string of the molecule is [c]1nc(OCc2nccs2)c2nc[nH]c2n1. The van der Waals surface area contributed by atoms with Crippen LogP contribution in [0.2, 0.25) is 0 Å². The van der Waals surface area contributed by atoms with Gasteiger partial charge in [0, 0.05) is 11.6 Å². The van der Waals surface area contributed by atoms with Crippen LogP contribution in [0.25, 0.3) is 11.2 Å². The molecule has 0 bridgehead atoms. The van der Waals surface area contributed by atoms with Crippen molar-refractivity contribution in [3.63, 3.8) is 0 Å². The van der Waals surface area contributed by atoms with E-state index in [4.69, 9.17) is 4.74 Å². The molecule has 3 rings (SSSR count). The maximum absolute atomic E-state index is 5.51. The molecule has 0 amide bonds. The monoisotopic (exact) mass is 232 g/mol. The van der Waals surface area contributed by atoms with E-state index in [9.17, 15) is 0 Å². The Bertz CT molecular complexity index is 591. The average molecular weight is 232 g/mol. The minimum Gasteiger partial charge on any atom is -0.469 e. The standard InChI is InChI=1S/C9H6N5OS/c1-2-16-6(10-1)3-15-9-7-8(12-4-11-7)13-5-14-9/h1-2,4H,3H2,(H,11,12,13,14). The number of fused-ring (bicyclic) bond motifs is 1. The molecular weight excluding hydrogens is 226 g/mol. The third kappa shape index (κ3) is 1.61. The largest absolute Gasteiger partial charge is 0.469 e. The Kier molecular flexibility index (Phi) is 2.22. The Labute approximate surface area is 94.4 Å². The van der Waals surface area contributed by atoms with E-state index in [2.05, 4.69) is 31.2 Å². The number of hydrogen-bond donors (Lipinski definition) is 1. The summed E-state index contributed by atoms with van der Waals surface area (Å²) in [5, 5.41) is 2.79. The molecule has 6 nitrogen and oxygen atoms in total. The first-order valence-corrected chi connectivity index (χ1v) is 5.40. The van der Waals surface area contributed by atoms with E-state index in [1.54, 1.807) is 12.5 Å². The number of aromatic amines is 1. The van der Waals surface area contributed by atoms with Crippen LogP contribution in [0.5, 0.6) is 5.88 Å². The highest BCUT2D eigenvalue weighted by Crippen LogP contribution is 2.18. The van der Waals surface area contributed by atoms with Crippen molar-refractivity contribution in [3.8, 4) is 5.88 Å². The zero-order valence-electron chi connectivity index (χ0n) is 8.04. The Morgan fingerprint density at radius 2 is 2.38 bits per heavy atom. The van der Waals surface area contributed by atoms with Gasteiger partial charge in [-0.1, -0.05) is 0 Å². The molecule has 3 heterocycles. The van der Waals surface area contributed by atoms with Crippen LogP contribution in [0.15, 0.2) is 17.9 Å². The van der Waals surface area contributed by atoms with E-state index in [1.807, 2.05) is 5.38 Å². The summed E-state index contributed by atoms with van der Waals surface area (Å²) in [5.41, 5.74) is 1.22. The van der Waals surface area contributed by atoms with Crippen LogP contribution >= 0.6 is 11.3 Å². The molecule has 3 aromatic heterocycles. The maximum atomic E-state index is 5.51. The second-order valence-electron chi connectivity index (χ2n) is 2.94. The molecule has 0 aliphatic heterocycles. The Hall–Kier alpha value is -2.02. The molecule has 0 fully saturated rings. The van der Waals surface area contributed by atoms with Crippen molar-refractivity contribution >= 4 is 22.5 Å². The molecule has 0 aliphatic rings. The maximum Gasteiger partial charge on any atom is 0.246 e. The first kappa shape index (κ1) is 9.22. The highest BCUT2D eigenvalue weighted by molar-refractivity contribution is 7.09. The normalized spacial score (nSPS) is 10.8. The number of ether oxygens (including phenoxy) is 1. The number of H-pyrrole nitrogens is 1. The smallest absolute Gasteiger partial charge is 0.246 e. The zero-order valence-corrected chi connectivity index (χ0v) is 8.86. The van der Waals surface area contributed by atoms with Gasteiger partial charge in [-0.2, -0.15) is 4.98 Å². The number of rotatable bonds is 3. The van der Waals surface area contributed by atoms with Crippen LogP contribution in [0, 0.1) is 6.33 Å². The molecule has 7 heteroatoms. The topological polar surface area (TPSA) is 76.6 Å². The van der Waals surface area contributed by atoms with Crippen molar-refractivity contribution in [2.45, 2.75) is 6.61 Å². The number of imidazole rings is 1. The number of nitrogens with zero attached hydrogens (tertiary/aromatic N) is 4. The molecule has 0 unspecified atom stereocenters. The molecule has 0 aromatic carbocycles. The highest BCUT2D eigenvalue weighted by atomic mass is 32.1. The predicted octanol–water partition coefficient (Wildman–Crippen LogP) is 1.19. The minimum absolute atomic E-state index is 0.379. The van der Waals surface area contributed by atoms with Gasteiger partial charge >= 0.3 is 0 Å². The van der Waals surface area contributed by atoms with Gasteiger partial charge in [-0.05, 0) is 0 Å². The lowest BCUT2D eigenvalue weighted by Gasteiger charge is -2.01. The molecular formula is C9H6N5OS. The molecule has 16 heavy (non-hydrogen) atoms. The van der Waals surface area contributed by atoms with Crippen molar-refractivity contribution in [2.24, 2.45) is 0 Å². The van der Waals surface area contributed by atoms with E-state index in [-0.39, 0.29) is 0 Å². The molecule has 0 saturated heterocycles. The minimum atomic E-state index is 0.379. The summed E-state index contributed by atoms with van der Waals surface area (Å²) in [6.07, 6.45) is 5.79. The Morgan fingerprint density at radius 3 is 3.25 bits per heavy atom. The van der Waals surface area contributed by atoms with Gasteiger partial charge in [0.05, 0.1) is 6.33 Å². The van der Waals surface area contributed by atoms with Crippen LogP contribution in [0.1, 0.15) is 5.01 Å². The van der Waals surface area contributed by atoms with Gasteiger partial charge in [0.25, 0.3) is 0 Å². The lowest BCUT2D eigenvalue weighted by Crippen LogP contribution is -1.98. The zero-order chi connectivity index (χ0) is 10.8. The number of hydrogen-bond acceptors (Lipinski definition) is 6. The van der Waals surface area contributed by atoms with Gasteiger partial charge in [-0.15, -0.1) is 11.3 Å². The van der Waals surface area contributed by atoms with Gasteiger partial charge in [0.1, 0.15) is 11.6 Å². The van der Waals surface area contributed by atoms with E-state index in [1.165, 1.54) is 11.3 Å². The summed E-state index contributed by atoms with van der Waals surface area (Å²) in [6, 6.07) is 0. The third-order valence-corrected chi connectivity index (χ3v) is 2.70. The summed E-state index contributed by atoms with van der Waals surface area (Å²) in [7, 11) is 0. The molecule has 3 aromatic rings. The van der Waals surface area contributed by atoms with Gasteiger partial charge in [0.15, 0.2) is 11.2 Å². The van der Waals surface area contributed by atoms with E-state index < -0.39 is 0 Å². The number of nitrogens with one attached hydrogen (secondary N) is 1. The van der Waals surface area contributed by atoms with Gasteiger partial charge < -0.3 is 9.72 Å². The summed E-state index contributed by atoms with van der Waals surface area (Å²) >= 11 is 1.53. The Morgan fingerprint density at radius 1 is 1.38 bits per heavy atom. The first-order chi connectivity index (χ1) is 7.93. The molecule has 0 spiro atoms. The fourth-order valence-corrected chi connectivity index (χ4v) is 1.79. The molecule has 1 radical (unpaired) electrons. The average Bonchev–Trinajstić information content (AvgIpc) is 2.97. The van der Waals surface area contributed by atoms with Gasteiger partial charge in [0.2, 0.25) is 12.2 Å². The molecule has 79 valence electrons. The number of aromatic nitrogens is 5. The molecule has 0 saturated carbocycles. The van der Waals surface area contributed by atoms with Crippen LogP contribution in [0.4, 0.5) is 0 Å². The predicted molar refractivity (Wildman–Crippen MR) is 57.0 cm³/mol. The van der Waals surface area contributed by atoms with Gasteiger partial charge in [-0.25, -0.2) is 15.0 Å². The van der Waals surface area contributed by atoms with Crippen LogP contribution in [-0.2, 0) is 6.61 Å². The third-order valence-electron chi connectivity index (χ3n) is 1.95. The molecule has 0 aliphatic carbocycles. The van der Waals surface area contributed by atoms with E-state index >= 15 is 0 Å². The number of thiazole rings is 1. The van der Waals surface area contributed by atoms with E-state index in [0.717, 1.165) is 5.01 Å². The van der Waals surface area contributed by atoms with Crippen molar-refractivity contribution < 1.29 is 4.74 Å². The molecule has 0 atom stereocenters. The first-order valence-electron chi connectivity index (χ1n) is 4.52. The van der Waals surface area contributed by atoms with Gasteiger partial charge in [-0.3, -0.25) is 0 Å². The van der Waals surface area contributed by atoms with Crippen LogP contribution in [0.3, 0.4) is 0 Å². The molecule has 1 N–H and O–H groups in total. The highest BCUT2D eigenvalue weighted by Gasteiger charge is 2.08. The second-order valence-corrected chi connectivity index (χ2v) is 3.92. The van der Waals surface area contributed by atoms with Crippen molar-refractivity contribution in [1.29, 1.82) is 0 Å².